The van der Waals surface area contributed by atoms with E-state index in [1.807, 2.05) is 36.4 Å². The Morgan fingerprint density at radius 1 is 1.00 bits per heavy atom. The average molecular weight is 401 g/mol. The summed E-state index contributed by atoms with van der Waals surface area (Å²) in [6, 6.07) is 22.0. The molecular formula is C23H20FN5O. The van der Waals surface area contributed by atoms with Crippen molar-refractivity contribution in [2.24, 2.45) is 0 Å². The fraction of sp³-hybridized carbons (Fsp3) is 0.130. The number of halogens is 1. The minimum absolute atomic E-state index is 0.174. The number of nitrogens with one attached hydrogen (secondary N) is 1. The molecular weight excluding hydrogens is 381 g/mol. The highest BCUT2D eigenvalue weighted by atomic mass is 19.1. The van der Waals surface area contributed by atoms with E-state index in [4.69, 9.17) is 0 Å². The molecule has 0 aliphatic rings. The number of carbonyl (C=O) groups is 1. The number of aromatic nitrogens is 4. The summed E-state index contributed by atoms with van der Waals surface area (Å²) in [6.07, 6.45) is 1.58. The molecule has 7 heteroatoms. The maximum Gasteiger partial charge on any atom is 0.255 e. The maximum absolute atomic E-state index is 14.3. The summed E-state index contributed by atoms with van der Waals surface area (Å²) in [4.78, 5) is 12.9. The summed E-state index contributed by atoms with van der Waals surface area (Å²) < 4.78 is 15.6. The Kier molecular flexibility index (Phi) is 5.61. The number of tetrazole rings is 1. The van der Waals surface area contributed by atoms with Crippen LogP contribution in [0.1, 0.15) is 27.3 Å². The Balaban J connectivity index is 1.54. The SMILES string of the molecule is Cc1nnnn1-c1cc(NC(=O)c2ccccc2CCc2ccccc2)ccc1F. The highest BCUT2D eigenvalue weighted by Gasteiger charge is 2.14. The fourth-order valence-corrected chi connectivity index (χ4v) is 3.29. The van der Waals surface area contributed by atoms with Crippen LogP contribution in [0, 0.1) is 12.7 Å². The van der Waals surface area contributed by atoms with E-state index in [-0.39, 0.29) is 11.6 Å². The molecule has 0 unspecified atom stereocenters. The molecule has 6 nitrogen and oxygen atoms in total. The monoisotopic (exact) mass is 401 g/mol. The smallest absolute Gasteiger partial charge is 0.255 e. The second-order valence-corrected chi connectivity index (χ2v) is 6.90. The van der Waals surface area contributed by atoms with Gasteiger partial charge >= 0.3 is 0 Å². The lowest BCUT2D eigenvalue weighted by atomic mass is 9.99. The molecule has 0 fully saturated rings. The standard InChI is InChI=1S/C23H20FN5O/c1-16-26-27-28-29(16)22-15-19(13-14-21(22)24)25-23(30)20-10-6-5-9-18(20)12-11-17-7-3-2-4-8-17/h2-10,13-15H,11-12H2,1H3,(H,25,30). The van der Waals surface area contributed by atoms with E-state index in [0.29, 0.717) is 17.1 Å². The van der Waals surface area contributed by atoms with Crippen molar-refractivity contribution < 1.29 is 9.18 Å². The zero-order valence-electron chi connectivity index (χ0n) is 16.4. The molecule has 1 heterocycles. The van der Waals surface area contributed by atoms with Crippen LogP contribution in [0.2, 0.25) is 0 Å². The van der Waals surface area contributed by atoms with E-state index in [9.17, 15) is 9.18 Å². The third-order valence-electron chi connectivity index (χ3n) is 4.85. The van der Waals surface area contributed by atoms with Gasteiger partial charge in [0.15, 0.2) is 5.82 Å². The predicted molar refractivity (Wildman–Crippen MR) is 112 cm³/mol. The first-order valence-electron chi connectivity index (χ1n) is 9.60. The molecule has 1 aromatic heterocycles. The zero-order valence-corrected chi connectivity index (χ0v) is 16.4. The van der Waals surface area contributed by atoms with Gasteiger partial charge in [-0.3, -0.25) is 4.79 Å². The van der Waals surface area contributed by atoms with Gasteiger partial charge in [-0.1, -0.05) is 48.5 Å². The van der Waals surface area contributed by atoms with Crippen LogP contribution in [0.5, 0.6) is 0 Å². The Hall–Kier alpha value is -3.87. The van der Waals surface area contributed by atoms with Gasteiger partial charge in [0.2, 0.25) is 0 Å². The molecule has 1 N–H and O–H groups in total. The average Bonchev–Trinajstić information content (AvgIpc) is 3.20. The molecule has 0 saturated carbocycles. The van der Waals surface area contributed by atoms with Crippen LogP contribution >= 0.6 is 0 Å². The van der Waals surface area contributed by atoms with Crippen molar-refractivity contribution in [3.8, 4) is 5.69 Å². The van der Waals surface area contributed by atoms with Crippen molar-refractivity contribution in [2.45, 2.75) is 19.8 Å². The first-order valence-corrected chi connectivity index (χ1v) is 9.60. The van der Waals surface area contributed by atoms with Crippen LogP contribution in [0.4, 0.5) is 10.1 Å². The van der Waals surface area contributed by atoms with E-state index in [1.165, 1.54) is 28.4 Å². The van der Waals surface area contributed by atoms with Gasteiger partial charge in [-0.15, -0.1) is 5.10 Å². The van der Waals surface area contributed by atoms with Crippen LogP contribution in [0.15, 0.2) is 72.8 Å². The van der Waals surface area contributed by atoms with E-state index in [0.717, 1.165) is 18.4 Å². The lowest BCUT2D eigenvalue weighted by Crippen LogP contribution is -2.15. The van der Waals surface area contributed by atoms with Crippen molar-refractivity contribution in [3.05, 3.63) is 101 Å². The number of hydrogen-bond acceptors (Lipinski definition) is 4. The summed E-state index contributed by atoms with van der Waals surface area (Å²) in [5, 5.41) is 14.0. The van der Waals surface area contributed by atoms with Gasteiger partial charge in [0.25, 0.3) is 5.91 Å². The molecule has 150 valence electrons. The molecule has 0 spiro atoms. The summed E-state index contributed by atoms with van der Waals surface area (Å²) in [5.74, 6) is -0.278. The van der Waals surface area contributed by atoms with E-state index >= 15 is 0 Å². The number of hydrogen-bond donors (Lipinski definition) is 1. The van der Waals surface area contributed by atoms with Crippen molar-refractivity contribution in [1.82, 2.24) is 20.2 Å². The highest BCUT2D eigenvalue weighted by molar-refractivity contribution is 6.05. The molecule has 30 heavy (non-hydrogen) atoms. The van der Waals surface area contributed by atoms with Crippen molar-refractivity contribution in [1.29, 1.82) is 0 Å². The Bertz CT molecular complexity index is 1170. The second-order valence-electron chi connectivity index (χ2n) is 6.90. The van der Waals surface area contributed by atoms with Crippen LogP contribution in [0.25, 0.3) is 5.69 Å². The highest BCUT2D eigenvalue weighted by Crippen LogP contribution is 2.20. The molecule has 0 saturated heterocycles. The van der Waals surface area contributed by atoms with Crippen LogP contribution in [-0.4, -0.2) is 26.1 Å². The third-order valence-corrected chi connectivity index (χ3v) is 4.85. The first kappa shape index (κ1) is 19.4. The van der Waals surface area contributed by atoms with Gasteiger partial charge in [-0.2, -0.15) is 4.68 Å². The number of amides is 1. The zero-order chi connectivity index (χ0) is 20.9. The third kappa shape index (κ3) is 4.25. The summed E-state index contributed by atoms with van der Waals surface area (Å²) in [6.45, 7) is 1.67. The van der Waals surface area contributed by atoms with Gasteiger partial charge in [0.1, 0.15) is 11.5 Å². The fourth-order valence-electron chi connectivity index (χ4n) is 3.29. The number of rotatable bonds is 6. The summed E-state index contributed by atoms with van der Waals surface area (Å²) in [7, 11) is 0. The van der Waals surface area contributed by atoms with Crippen molar-refractivity contribution in [3.63, 3.8) is 0 Å². The van der Waals surface area contributed by atoms with Gasteiger partial charge < -0.3 is 5.32 Å². The van der Waals surface area contributed by atoms with Crippen molar-refractivity contribution in [2.75, 3.05) is 5.32 Å². The number of benzene rings is 3. The number of aryl methyl sites for hydroxylation is 3. The Morgan fingerprint density at radius 3 is 2.53 bits per heavy atom. The maximum atomic E-state index is 14.3. The lowest BCUT2D eigenvalue weighted by Gasteiger charge is -2.12. The Morgan fingerprint density at radius 2 is 1.77 bits per heavy atom. The summed E-state index contributed by atoms with van der Waals surface area (Å²) >= 11 is 0. The topological polar surface area (TPSA) is 72.7 Å². The Labute approximate surface area is 173 Å². The number of nitrogens with zero attached hydrogens (tertiary/aromatic N) is 4. The minimum Gasteiger partial charge on any atom is -0.322 e. The molecule has 0 atom stereocenters. The molecule has 0 aliphatic heterocycles. The van der Waals surface area contributed by atoms with Crippen LogP contribution in [-0.2, 0) is 12.8 Å². The van der Waals surface area contributed by atoms with Crippen LogP contribution < -0.4 is 5.32 Å². The lowest BCUT2D eigenvalue weighted by molar-refractivity contribution is 0.102. The second kappa shape index (κ2) is 8.65. The molecule has 4 aromatic rings. The van der Waals surface area contributed by atoms with Gasteiger partial charge in [0.05, 0.1) is 0 Å². The van der Waals surface area contributed by atoms with Gasteiger partial charge in [0, 0.05) is 11.3 Å². The predicted octanol–water partition coefficient (Wildman–Crippen LogP) is 4.15. The molecule has 3 aromatic carbocycles. The number of anilines is 1. The number of carbonyl (C=O) groups excluding carboxylic acids is 1. The van der Waals surface area contributed by atoms with Gasteiger partial charge in [-0.05, 0) is 65.6 Å². The quantitative estimate of drug-likeness (QED) is 0.527. The van der Waals surface area contributed by atoms with Crippen molar-refractivity contribution >= 4 is 11.6 Å². The van der Waals surface area contributed by atoms with Crippen LogP contribution in [0.3, 0.4) is 0 Å². The van der Waals surface area contributed by atoms with Gasteiger partial charge in [-0.25, -0.2) is 4.39 Å². The van der Waals surface area contributed by atoms with E-state index in [2.05, 4.69) is 33.0 Å². The van der Waals surface area contributed by atoms with E-state index < -0.39 is 5.82 Å². The molecule has 0 bridgehead atoms. The normalized spacial score (nSPS) is 10.7. The summed E-state index contributed by atoms with van der Waals surface area (Å²) in [5.41, 5.74) is 3.40. The van der Waals surface area contributed by atoms with E-state index in [1.54, 1.807) is 13.0 Å². The molecule has 4 rings (SSSR count). The molecule has 0 radical (unpaired) electrons. The minimum atomic E-state index is -0.480. The molecule has 0 aliphatic carbocycles. The largest absolute Gasteiger partial charge is 0.322 e. The molecule has 1 amide bonds. The first-order chi connectivity index (χ1) is 14.6.